The summed E-state index contributed by atoms with van der Waals surface area (Å²) < 4.78 is 39.9. The molecule has 0 unspecified atom stereocenters. The van der Waals surface area contributed by atoms with E-state index in [-0.39, 0.29) is 12.0 Å². The van der Waals surface area contributed by atoms with E-state index >= 15 is 0 Å². The number of alkyl halides is 3. The quantitative estimate of drug-likeness (QED) is 0.898. The Balaban J connectivity index is 1.88. The van der Waals surface area contributed by atoms with Crippen molar-refractivity contribution >= 4 is 0 Å². The Hall–Kier alpha value is -1.93. The summed E-state index contributed by atoms with van der Waals surface area (Å²) in [5.74, 6) is 1.26. The predicted octanol–water partition coefficient (Wildman–Crippen LogP) is 2.69. The highest BCUT2D eigenvalue weighted by molar-refractivity contribution is 5.33. The second kappa shape index (κ2) is 6.52. The van der Waals surface area contributed by atoms with Gasteiger partial charge in [-0.1, -0.05) is 25.1 Å². The normalized spacial score (nSPS) is 22.2. The van der Waals surface area contributed by atoms with E-state index < -0.39 is 23.9 Å². The number of benzene rings is 1. The number of β-amino-alcohol motifs (C(OH)–C–C–N with tert-alkyl or cyclic N) is 1. The average Bonchev–Trinajstić information content (AvgIpc) is 3.13. The lowest BCUT2D eigenvalue weighted by Crippen LogP contribution is -2.26. The van der Waals surface area contributed by atoms with Crippen LogP contribution in [0, 0.1) is 0 Å². The number of aromatic amines is 1. The molecule has 3 rings (SSSR count). The average molecular weight is 340 g/mol. The Morgan fingerprint density at radius 1 is 1.33 bits per heavy atom. The number of aliphatic hydroxyl groups excluding tert-OH is 1. The van der Waals surface area contributed by atoms with Gasteiger partial charge in [0.1, 0.15) is 11.6 Å². The Morgan fingerprint density at radius 2 is 2.08 bits per heavy atom. The summed E-state index contributed by atoms with van der Waals surface area (Å²) >= 11 is 0. The van der Waals surface area contributed by atoms with Crippen molar-refractivity contribution in [3.8, 4) is 0 Å². The van der Waals surface area contributed by atoms with Crippen LogP contribution in [0.2, 0.25) is 0 Å². The van der Waals surface area contributed by atoms with Gasteiger partial charge in [0.15, 0.2) is 0 Å². The molecule has 0 amide bonds. The van der Waals surface area contributed by atoms with Crippen molar-refractivity contribution in [2.75, 3.05) is 6.54 Å². The molecular formula is C16H19F3N4O. The third-order valence-corrected chi connectivity index (χ3v) is 4.25. The Bertz CT molecular complexity index is 701. The van der Waals surface area contributed by atoms with Gasteiger partial charge in [0.05, 0.1) is 18.2 Å². The van der Waals surface area contributed by atoms with Crippen LogP contribution in [-0.2, 0) is 19.1 Å². The highest BCUT2D eigenvalue weighted by Gasteiger charge is 2.39. The SMILES string of the molecule is CCc1n[nH]c(CN2C[C@H](O)C[C@H]2c2ccccc2C(F)(F)F)n1. The molecule has 1 aromatic carbocycles. The van der Waals surface area contributed by atoms with Gasteiger partial charge in [-0.2, -0.15) is 18.3 Å². The number of nitrogens with zero attached hydrogens (tertiary/aromatic N) is 3. The van der Waals surface area contributed by atoms with Crippen LogP contribution in [0.1, 0.15) is 42.2 Å². The van der Waals surface area contributed by atoms with E-state index in [1.165, 1.54) is 12.1 Å². The lowest BCUT2D eigenvalue weighted by molar-refractivity contribution is -0.138. The van der Waals surface area contributed by atoms with Gasteiger partial charge in [0.25, 0.3) is 0 Å². The molecule has 0 aliphatic carbocycles. The van der Waals surface area contributed by atoms with Crippen LogP contribution < -0.4 is 0 Å². The molecule has 0 bridgehead atoms. The van der Waals surface area contributed by atoms with Crippen LogP contribution in [0.5, 0.6) is 0 Å². The predicted molar refractivity (Wildman–Crippen MR) is 81.0 cm³/mol. The van der Waals surface area contributed by atoms with Crippen molar-refractivity contribution in [1.82, 2.24) is 20.1 Å². The van der Waals surface area contributed by atoms with Crippen molar-refractivity contribution in [2.45, 2.75) is 44.6 Å². The van der Waals surface area contributed by atoms with Gasteiger partial charge in [0.2, 0.25) is 0 Å². The second-order valence-electron chi connectivity index (χ2n) is 5.97. The van der Waals surface area contributed by atoms with Crippen molar-refractivity contribution in [2.24, 2.45) is 0 Å². The minimum absolute atomic E-state index is 0.191. The van der Waals surface area contributed by atoms with E-state index in [0.29, 0.717) is 31.2 Å². The molecule has 0 saturated carbocycles. The standard InChI is InChI=1S/C16H19F3N4O/c1-2-14-20-15(22-21-14)9-23-8-10(24)7-13(23)11-5-3-4-6-12(11)16(17,18)19/h3-6,10,13,24H,2,7-9H2,1H3,(H,20,21,22)/t10-,13+/m1/s1. The van der Waals surface area contributed by atoms with Gasteiger partial charge in [-0.3, -0.25) is 10.00 Å². The van der Waals surface area contributed by atoms with Crippen LogP contribution in [0.25, 0.3) is 0 Å². The van der Waals surface area contributed by atoms with E-state index in [1.807, 2.05) is 11.8 Å². The van der Waals surface area contributed by atoms with Gasteiger partial charge < -0.3 is 5.11 Å². The molecule has 1 aliphatic heterocycles. The number of halogens is 3. The van der Waals surface area contributed by atoms with Crippen LogP contribution >= 0.6 is 0 Å². The summed E-state index contributed by atoms with van der Waals surface area (Å²) in [6, 6.07) is 5.04. The first-order valence-electron chi connectivity index (χ1n) is 7.87. The molecule has 1 aliphatic rings. The summed E-state index contributed by atoms with van der Waals surface area (Å²) in [5, 5.41) is 16.8. The maximum Gasteiger partial charge on any atom is 0.416 e. The fourth-order valence-corrected chi connectivity index (χ4v) is 3.18. The zero-order valence-corrected chi connectivity index (χ0v) is 13.2. The first-order chi connectivity index (χ1) is 11.4. The topological polar surface area (TPSA) is 65.0 Å². The molecule has 5 nitrogen and oxygen atoms in total. The lowest BCUT2D eigenvalue weighted by atomic mass is 9.97. The number of likely N-dealkylation sites (tertiary alicyclic amines) is 1. The number of aryl methyl sites for hydroxylation is 1. The minimum Gasteiger partial charge on any atom is -0.392 e. The molecule has 1 saturated heterocycles. The molecule has 0 spiro atoms. The van der Waals surface area contributed by atoms with Crippen molar-refractivity contribution in [3.05, 3.63) is 47.0 Å². The van der Waals surface area contributed by atoms with E-state index in [9.17, 15) is 18.3 Å². The third kappa shape index (κ3) is 3.44. The monoisotopic (exact) mass is 340 g/mol. The van der Waals surface area contributed by atoms with Gasteiger partial charge in [-0.15, -0.1) is 0 Å². The van der Waals surface area contributed by atoms with E-state index in [4.69, 9.17) is 0 Å². The third-order valence-electron chi connectivity index (χ3n) is 4.25. The summed E-state index contributed by atoms with van der Waals surface area (Å²) in [7, 11) is 0. The summed E-state index contributed by atoms with van der Waals surface area (Å²) in [5.41, 5.74) is -0.460. The molecule has 2 atom stereocenters. The number of aromatic nitrogens is 3. The summed E-state index contributed by atoms with van der Waals surface area (Å²) in [6.45, 7) is 2.55. The maximum atomic E-state index is 13.3. The molecular weight excluding hydrogens is 321 g/mol. The highest BCUT2D eigenvalue weighted by Crippen LogP contribution is 2.40. The van der Waals surface area contributed by atoms with Crippen molar-refractivity contribution < 1.29 is 18.3 Å². The molecule has 0 radical (unpaired) electrons. The van der Waals surface area contributed by atoms with Crippen LogP contribution in [0.4, 0.5) is 13.2 Å². The van der Waals surface area contributed by atoms with Gasteiger partial charge >= 0.3 is 6.18 Å². The van der Waals surface area contributed by atoms with E-state index in [2.05, 4.69) is 15.2 Å². The Morgan fingerprint density at radius 3 is 2.75 bits per heavy atom. The number of hydrogen-bond donors (Lipinski definition) is 2. The number of H-pyrrole nitrogens is 1. The van der Waals surface area contributed by atoms with E-state index in [1.54, 1.807) is 6.07 Å². The van der Waals surface area contributed by atoms with Crippen LogP contribution in [0.3, 0.4) is 0 Å². The summed E-state index contributed by atoms with van der Waals surface area (Å²) in [6.07, 6.45) is -4.14. The van der Waals surface area contributed by atoms with E-state index in [0.717, 1.165) is 6.07 Å². The minimum atomic E-state index is -4.42. The fraction of sp³-hybridized carbons (Fsp3) is 0.500. The highest BCUT2D eigenvalue weighted by atomic mass is 19.4. The van der Waals surface area contributed by atoms with Gasteiger partial charge in [-0.05, 0) is 18.1 Å². The van der Waals surface area contributed by atoms with Gasteiger partial charge in [-0.25, -0.2) is 4.98 Å². The molecule has 2 N–H and O–H groups in total. The Labute approximate surface area is 137 Å². The number of nitrogens with one attached hydrogen (secondary N) is 1. The summed E-state index contributed by atoms with van der Waals surface area (Å²) in [4.78, 5) is 6.12. The molecule has 1 fully saturated rings. The number of rotatable bonds is 4. The zero-order valence-electron chi connectivity index (χ0n) is 13.2. The maximum absolute atomic E-state index is 13.3. The number of aliphatic hydroxyl groups is 1. The smallest absolute Gasteiger partial charge is 0.392 e. The molecule has 130 valence electrons. The molecule has 2 aromatic rings. The zero-order chi connectivity index (χ0) is 17.3. The first kappa shape index (κ1) is 16.9. The number of hydrogen-bond acceptors (Lipinski definition) is 4. The van der Waals surface area contributed by atoms with Gasteiger partial charge in [0, 0.05) is 19.0 Å². The molecule has 24 heavy (non-hydrogen) atoms. The fourth-order valence-electron chi connectivity index (χ4n) is 3.18. The van der Waals surface area contributed by atoms with Crippen molar-refractivity contribution in [3.63, 3.8) is 0 Å². The van der Waals surface area contributed by atoms with Crippen molar-refractivity contribution in [1.29, 1.82) is 0 Å². The molecule has 2 heterocycles. The first-order valence-corrected chi connectivity index (χ1v) is 7.87. The van der Waals surface area contributed by atoms with Crippen LogP contribution in [0.15, 0.2) is 24.3 Å². The Kier molecular flexibility index (Phi) is 4.60. The lowest BCUT2D eigenvalue weighted by Gasteiger charge is -2.26. The largest absolute Gasteiger partial charge is 0.416 e. The molecule has 1 aromatic heterocycles. The molecule has 8 heteroatoms. The second-order valence-corrected chi connectivity index (χ2v) is 5.97. The van der Waals surface area contributed by atoms with Crippen LogP contribution in [-0.4, -0.2) is 37.8 Å².